The number of carbonyl (C=O) groups is 2. The molecule has 2 aromatic carbocycles. The number of nitrogens with one attached hydrogen (secondary N) is 1. The first-order chi connectivity index (χ1) is 12.4. The van der Waals surface area contributed by atoms with Crippen LogP contribution in [0.5, 0.6) is 0 Å². The first-order valence-electron chi connectivity index (χ1n) is 7.76. The van der Waals surface area contributed by atoms with Crippen LogP contribution in [0.15, 0.2) is 53.5 Å². The maximum Gasteiger partial charge on any atom is 0.238 e. The van der Waals surface area contributed by atoms with Crippen molar-refractivity contribution in [3.05, 3.63) is 59.4 Å². The van der Waals surface area contributed by atoms with Gasteiger partial charge in [0.25, 0.3) is 0 Å². The Labute approximate surface area is 159 Å². The summed E-state index contributed by atoms with van der Waals surface area (Å²) in [6.07, 6.45) is 0.0513. The first kappa shape index (κ1) is 18.4. The highest BCUT2D eigenvalue weighted by Crippen LogP contribution is 2.29. The van der Waals surface area contributed by atoms with Crippen molar-refractivity contribution in [1.29, 1.82) is 0 Å². The number of rotatable bonds is 3. The number of benzene rings is 2. The molecule has 134 valence electrons. The molecule has 1 N–H and O–H groups in total. The number of nitrogens with zero attached hydrogens (tertiary/aromatic N) is 2. The van der Waals surface area contributed by atoms with E-state index >= 15 is 0 Å². The van der Waals surface area contributed by atoms with Crippen molar-refractivity contribution in [3.8, 4) is 0 Å². The van der Waals surface area contributed by atoms with Gasteiger partial charge in [0.1, 0.15) is 11.1 Å². The summed E-state index contributed by atoms with van der Waals surface area (Å²) in [4.78, 5) is 30.4. The van der Waals surface area contributed by atoms with E-state index in [0.717, 1.165) is 11.8 Å². The molecule has 26 heavy (non-hydrogen) atoms. The summed E-state index contributed by atoms with van der Waals surface area (Å²) in [7, 11) is 1.58. The van der Waals surface area contributed by atoms with Gasteiger partial charge in [0, 0.05) is 24.2 Å². The van der Waals surface area contributed by atoms with Crippen LogP contribution in [0.1, 0.15) is 6.42 Å². The Morgan fingerprint density at radius 1 is 1.31 bits per heavy atom. The minimum absolute atomic E-state index is 0.0513. The fourth-order valence-corrected chi connectivity index (χ4v) is 3.60. The number of carbonyl (C=O) groups excluding carboxylic acids is 2. The molecule has 1 fully saturated rings. The first-order valence-corrected chi connectivity index (χ1v) is 9.02. The van der Waals surface area contributed by atoms with E-state index in [1.807, 2.05) is 0 Å². The molecule has 1 aliphatic rings. The second kappa shape index (κ2) is 7.88. The highest BCUT2D eigenvalue weighted by atomic mass is 35.5. The Morgan fingerprint density at radius 2 is 2.08 bits per heavy atom. The predicted molar refractivity (Wildman–Crippen MR) is 102 cm³/mol. The van der Waals surface area contributed by atoms with Gasteiger partial charge < -0.3 is 5.32 Å². The van der Waals surface area contributed by atoms with Crippen LogP contribution in [0.2, 0.25) is 5.02 Å². The molecule has 0 spiro atoms. The molecule has 2 aromatic rings. The average molecular weight is 392 g/mol. The van der Waals surface area contributed by atoms with Gasteiger partial charge in [0.05, 0.1) is 5.69 Å². The molecule has 2 amide bonds. The van der Waals surface area contributed by atoms with Crippen LogP contribution in [-0.4, -0.2) is 34.2 Å². The lowest BCUT2D eigenvalue weighted by molar-refractivity contribution is -0.128. The van der Waals surface area contributed by atoms with Gasteiger partial charge in [-0.1, -0.05) is 35.5 Å². The van der Waals surface area contributed by atoms with Crippen LogP contribution in [0.25, 0.3) is 0 Å². The summed E-state index contributed by atoms with van der Waals surface area (Å²) in [6.45, 7) is 0. The fraction of sp³-hybridized carbons (Fsp3) is 0.167. The Hall–Kier alpha value is -2.38. The topological polar surface area (TPSA) is 61.8 Å². The molecule has 3 rings (SSSR count). The largest absolute Gasteiger partial charge is 0.325 e. The van der Waals surface area contributed by atoms with Crippen molar-refractivity contribution in [2.24, 2.45) is 4.99 Å². The Balaban J connectivity index is 1.79. The second-order valence-corrected chi connectivity index (χ2v) is 7.24. The minimum atomic E-state index is -0.634. The number of hydrogen-bond acceptors (Lipinski definition) is 4. The van der Waals surface area contributed by atoms with Gasteiger partial charge in [-0.05, 0) is 36.4 Å². The normalized spacial score (nSPS) is 18.9. The lowest BCUT2D eigenvalue weighted by Gasteiger charge is -2.28. The van der Waals surface area contributed by atoms with Gasteiger partial charge >= 0.3 is 0 Å². The molecule has 0 aliphatic carbocycles. The summed E-state index contributed by atoms with van der Waals surface area (Å²) >= 11 is 7.08. The van der Waals surface area contributed by atoms with Crippen LogP contribution in [0.4, 0.5) is 15.8 Å². The van der Waals surface area contributed by atoms with E-state index in [9.17, 15) is 14.0 Å². The third kappa shape index (κ3) is 4.42. The van der Waals surface area contributed by atoms with Gasteiger partial charge in [0.2, 0.25) is 11.8 Å². The molecule has 0 bridgehead atoms. The van der Waals surface area contributed by atoms with E-state index in [1.54, 1.807) is 37.4 Å². The predicted octanol–water partition coefficient (Wildman–Crippen LogP) is 4.07. The SMILES string of the molecule is CN1C(=O)C[C@H](C(=O)Nc2cccc(Cl)c2)SC1=Nc1cccc(F)c1. The summed E-state index contributed by atoms with van der Waals surface area (Å²) in [5.74, 6) is -0.965. The average Bonchev–Trinajstić information content (AvgIpc) is 2.59. The van der Waals surface area contributed by atoms with Crippen molar-refractivity contribution >= 4 is 51.7 Å². The maximum absolute atomic E-state index is 13.3. The van der Waals surface area contributed by atoms with Crippen molar-refractivity contribution in [2.45, 2.75) is 11.7 Å². The van der Waals surface area contributed by atoms with Crippen LogP contribution >= 0.6 is 23.4 Å². The quantitative estimate of drug-likeness (QED) is 0.857. The zero-order valence-electron chi connectivity index (χ0n) is 13.8. The van der Waals surface area contributed by atoms with Crippen LogP contribution < -0.4 is 5.32 Å². The standard InChI is InChI=1S/C18H15ClFN3O2S/c1-23-16(24)10-15(17(25)21-13-6-2-4-11(19)8-13)26-18(23)22-14-7-3-5-12(20)9-14/h2-9,15H,10H2,1H3,(H,21,25)/t15-/m1/s1. The molecule has 1 saturated heterocycles. The fourth-order valence-electron chi connectivity index (χ4n) is 2.34. The monoisotopic (exact) mass is 391 g/mol. The zero-order valence-corrected chi connectivity index (χ0v) is 15.4. The van der Waals surface area contributed by atoms with E-state index < -0.39 is 11.1 Å². The Kier molecular flexibility index (Phi) is 5.58. The Bertz CT molecular complexity index is 890. The Morgan fingerprint density at radius 3 is 2.81 bits per heavy atom. The third-order valence-electron chi connectivity index (χ3n) is 3.69. The van der Waals surface area contributed by atoms with E-state index in [1.165, 1.54) is 23.1 Å². The smallest absolute Gasteiger partial charge is 0.238 e. The summed E-state index contributed by atoms with van der Waals surface area (Å²) in [6, 6.07) is 12.5. The number of amidine groups is 1. The lowest BCUT2D eigenvalue weighted by Crippen LogP contribution is -2.43. The number of hydrogen-bond donors (Lipinski definition) is 1. The van der Waals surface area contributed by atoms with Gasteiger partial charge in [0.15, 0.2) is 5.17 Å². The third-order valence-corrected chi connectivity index (χ3v) is 5.16. The number of anilines is 1. The van der Waals surface area contributed by atoms with Gasteiger partial charge in [-0.2, -0.15) is 0 Å². The lowest BCUT2D eigenvalue weighted by atomic mass is 10.2. The van der Waals surface area contributed by atoms with E-state index in [2.05, 4.69) is 10.3 Å². The number of aliphatic imine (C=N–C) groups is 1. The van der Waals surface area contributed by atoms with Crippen LogP contribution in [0, 0.1) is 5.82 Å². The molecule has 0 radical (unpaired) electrons. The number of halogens is 2. The van der Waals surface area contributed by atoms with Crippen molar-refractivity contribution < 1.29 is 14.0 Å². The molecule has 8 heteroatoms. The zero-order chi connectivity index (χ0) is 18.7. The molecule has 0 aromatic heterocycles. The molecule has 0 saturated carbocycles. The molecule has 1 aliphatic heterocycles. The summed E-state index contributed by atoms with van der Waals surface area (Å²) in [5.41, 5.74) is 0.932. The van der Waals surface area contributed by atoms with E-state index in [0.29, 0.717) is 21.6 Å². The molecule has 0 unspecified atom stereocenters. The summed E-state index contributed by atoms with van der Waals surface area (Å²) in [5, 5.41) is 2.97. The molecular weight excluding hydrogens is 377 g/mol. The molecule has 5 nitrogen and oxygen atoms in total. The number of amides is 2. The molecule has 1 atom stereocenters. The molecular formula is C18H15ClFN3O2S. The number of thioether (sulfide) groups is 1. The van der Waals surface area contributed by atoms with Gasteiger partial charge in [-0.3, -0.25) is 14.5 Å². The van der Waals surface area contributed by atoms with Gasteiger partial charge in [-0.25, -0.2) is 9.38 Å². The van der Waals surface area contributed by atoms with E-state index in [-0.39, 0.29) is 18.2 Å². The molecule has 1 heterocycles. The minimum Gasteiger partial charge on any atom is -0.325 e. The maximum atomic E-state index is 13.3. The van der Waals surface area contributed by atoms with Crippen molar-refractivity contribution in [3.63, 3.8) is 0 Å². The highest BCUT2D eigenvalue weighted by molar-refractivity contribution is 8.15. The van der Waals surface area contributed by atoms with Crippen molar-refractivity contribution in [1.82, 2.24) is 4.90 Å². The van der Waals surface area contributed by atoms with Crippen LogP contribution in [0.3, 0.4) is 0 Å². The highest BCUT2D eigenvalue weighted by Gasteiger charge is 2.34. The van der Waals surface area contributed by atoms with Crippen LogP contribution in [-0.2, 0) is 9.59 Å². The van der Waals surface area contributed by atoms with E-state index in [4.69, 9.17) is 11.6 Å². The van der Waals surface area contributed by atoms with Crippen molar-refractivity contribution in [2.75, 3.05) is 12.4 Å². The summed E-state index contributed by atoms with van der Waals surface area (Å²) < 4.78 is 13.3. The van der Waals surface area contributed by atoms with Gasteiger partial charge in [-0.15, -0.1) is 0 Å². The second-order valence-electron chi connectivity index (χ2n) is 5.64.